The van der Waals surface area contributed by atoms with E-state index in [4.69, 9.17) is 15.2 Å². The molecule has 1 heterocycles. The van der Waals surface area contributed by atoms with Gasteiger partial charge in [0.15, 0.2) is 11.5 Å². The molecule has 9 heteroatoms. The third-order valence-electron chi connectivity index (χ3n) is 6.22. The van der Waals surface area contributed by atoms with E-state index in [0.29, 0.717) is 34.9 Å². The standard InChI is InChI=1S/C28H30N4O5/c1-36-24-9-7-20(14-25(24)37-2)27(34)31-15-18-4-3-5-21(12-18)28(35)32(17-26(29)33)23-8-6-19-10-11-30-16-22(19)13-23/h3-9,12-14,30H,10-11,15-17H2,1-2H3,(H2,29,33)(H,31,34). The van der Waals surface area contributed by atoms with Crippen LogP contribution in [0.25, 0.3) is 0 Å². The summed E-state index contributed by atoms with van der Waals surface area (Å²) in [7, 11) is 3.03. The Morgan fingerprint density at radius 1 is 0.946 bits per heavy atom. The molecule has 0 bridgehead atoms. The van der Waals surface area contributed by atoms with Crippen molar-refractivity contribution in [2.45, 2.75) is 19.5 Å². The van der Waals surface area contributed by atoms with Crippen molar-refractivity contribution in [2.24, 2.45) is 5.73 Å². The molecule has 0 spiro atoms. The van der Waals surface area contributed by atoms with Crippen LogP contribution in [0.4, 0.5) is 5.69 Å². The molecule has 192 valence electrons. The molecule has 3 amide bonds. The molecule has 0 unspecified atom stereocenters. The highest BCUT2D eigenvalue weighted by molar-refractivity contribution is 6.08. The number of benzene rings is 3. The normalized spacial score (nSPS) is 12.3. The Morgan fingerprint density at radius 2 is 1.76 bits per heavy atom. The second kappa shape index (κ2) is 11.6. The Kier molecular flexibility index (Phi) is 8.05. The monoisotopic (exact) mass is 502 g/mol. The number of amides is 3. The minimum atomic E-state index is -0.609. The van der Waals surface area contributed by atoms with Crippen LogP contribution >= 0.6 is 0 Å². The molecule has 4 N–H and O–H groups in total. The van der Waals surface area contributed by atoms with E-state index in [1.54, 1.807) is 36.4 Å². The van der Waals surface area contributed by atoms with Gasteiger partial charge in [-0.3, -0.25) is 19.3 Å². The number of primary amides is 1. The van der Waals surface area contributed by atoms with Crippen LogP contribution in [0.1, 0.15) is 37.4 Å². The van der Waals surface area contributed by atoms with Crippen molar-refractivity contribution >= 4 is 23.4 Å². The Hall–Kier alpha value is -4.37. The molecule has 0 saturated heterocycles. The van der Waals surface area contributed by atoms with Gasteiger partial charge in [0, 0.05) is 29.9 Å². The van der Waals surface area contributed by atoms with Crippen molar-refractivity contribution in [3.05, 3.63) is 88.5 Å². The van der Waals surface area contributed by atoms with Gasteiger partial charge in [-0.15, -0.1) is 0 Å². The number of carbonyl (C=O) groups excluding carboxylic acids is 3. The number of anilines is 1. The van der Waals surface area contributed by atoms with Crippen LogP contribution in [-0.4, -0.2) is 45.0 Å². The van der Waals surface area contributed by atoms with E-state index in [1.807, 2.05) is 24.3 Å². The minimum Gasteiger partial charge on any atom is -0.493 e. The van der Waals surface area contributed by atoms with Gasteiger partial charge >= 0.3 is 0 Å². The maximum Gasteiger partial charge on any atom is 0.258 e. The molecule has 37 heavy (non-hydrogen) atoms. The predicted octanol–water partition coefficient (Wildman–Crippen LogP) is 2.41. The fourth-order valence-corrected chi connectivity index (χ4v) is 4.30. The molecule has 0 aromatic heterocycles. The summed E-state index contributed by atoms with van der Waals surface area (Å²) in [5, 5.41) is 6.18. The Labute approximate surface area is 215 Å². The van der Waals surface area contributed by atoms with Crippen molar-refractivity contribution in [1.82, 2.24) is 10.6 Å². The van der Waals surface area contributed by atoms with Gasteiger partial charge in [-0.05, 0) is 72.1 Å². The third kappa shape index (κ3) is 6.07. The fourth-order valence-electron chi connectivity index (χ4n) is 4.30. The highest BCUT2D eigenvalue weighted by Crippen LogP contribution is 2.27. The quantitative estimate of drug-likeness (QED) is 0.413. The molecule has 1 aliphatic rings. The van der Waals surface area contributed by atoms with Gasteiger partial charge in [-0.1, -0.05) is 18.2 Å². The number of fused-ring (bicyclic) bond motifs is 1. The summed E-state index contributed by atoms with van der Waals surface area (Å²) in [5.41, 5.74) is 9.94. The van der Waals surface area contributed by atoms with Gasteiger partial charge in [0.05, 0.1) is 14.2 Å². The molecular weight excluding hydrogens is 472 g/mol. The fraction of sp³-hybridized carbons (Fsp3) is 0.250. The zero-order valence-electron chi connectivity index (χ0n) is 20.9. The average Bonchev–Trinajstić information content (AvgIpc) is 2.93. The lowest BCUT2D eigenvalue weighted by molar-refractivity contribution is -0.116. The number of hydrogen-bond acceptors (Lipinski definition) is 6. The first-order valence-corrected chi connectivity index (χ1v) is 11.9. The average molecular weight is 503 g/mol. The number of carbonyl (C=O) groups is 3. The summed E-state index contributed by atoms with van der Waals surface area (Å²) in [6.45, 7) is 1.57. The van der Waals surface area contributed by atoms with E-state index in [-0.39, 0.29) is 24.9 Å². The summed E-state index contributed by atoms with van der Waals surface area (Å²) >= 11 is 0. The van der Waals surface area contributed by atoms with Crippen molar-refractivity contribution < 1.29 is 23.9 Å². The second-order valence-corrected chi connectivity index (χ2v) is 8.69. The molecule has 9 nitrogen and oxygen atoms in total. The van der Waals surface area contributed by atoms with E-state index in [2.05, 4.69) is 10.6 Å². The number of ether oxygens (including phenoxy) is 2. The smallest absolute Gasteiger partial charge is 0.258 e. The first-order chi connectivity index (χ1) is 17.9. The Bertz CT molecular complexity index is 1320. The molecule has 0 aliphatic carbocycles. The molecule has 3 aromatic rings. The van der Waals surface area contributed by atoms with Crippen LogP contribution in [0, 0.1) is 0 Å². The van der Waals surface area contributed by atoms with Crippen LogP contribution in [0.2, 0.25) is 0 Å². The summed E-state index contributed by atoms with van der Waals surface area (Å²) < 4.78 is 10.5. The molecule has 0 atom stereocenters. The predicted molar refractivity (Wildman–Crippen MR) is 140 cm³/mol. The van der Waals surface area contributed by atoms with Crippen molar-refractivity contribution in [1.29, 1.82) is 0 Å². The van der Waals surface area contributed by atoms with Crippen LogP contribution in [0.5, 0.6) is 11.5 Å². The minimum absolute atomic E-state index is 0.203. The highest BCUT2D eigenvalue weighted by Gasteiger charge is 2.22. The molecule has 4 rings (SSSR count). The van der Waals surface area contributed by atoms with Crippen molar-refractivity contribution in [2.75, 3.05) is 32.2 Å². The lowest BCUT2D eigenvalue weighted by Gasteiger charge is -2.25. The molecule has 0 radical (unpaired) electrons. The molecular formula is C28H30N4O5. The van der Waals surface area contributed by atoms with E-state index in [0.717, 1.165) is 24.1 Å². The van der Waals surface area contributed by atoms with Gasteiger partial charge in [-0.25, -0.2) is 0 Å². The molecule has 0 saturated carbocycles. The summed E-state index contributed by atoms with van der Waals surface area (Å²) in [5.74, 6) is -0.273. The van der Waals surface area contributed by atoms with Crippen LogP contribution < -0.4 is 30.7 Å². The Balaban J connectivity index is 1.50. The number of hydrogen-bond donors (Lipinski definition) is 3. The summed E-state index contributed by atoms with van der Waals surface area (Å²) in [6, 6.07) is 17.6. The Morgan fingerprint density at radius 3 is 2.51 bits per heavy atom. The number of methoxy groups -OCH3 is 2. The van der Waals surface area contributed by atoms with Crippen LogP contribution in [0.15, 0.2) is 60.7 Å². The van der Waals surface area contributed by atoms with Gasteiger partial charge in [0.1, 0.15) is 6.54 Å². The van der Waals surface area contributed by atoms with Crippen LogP contribution in [0.3, 0.4) is 0 Å². The maximum absolute atomic E-state index is 13.5. The van der Waals surface area contributed by atoms with Gasteiger partial charge in [-0.2, -0.15) is 0 Å². The zero-order chi connectivity index (χ0) is 26.4. The van der Waals surface area contributed by atoms with E-state index >= 15 is 0 Å². The number of nitrogens with one attached hydrogen (secondary N) is 2. The molecule has 1 aliphatic heterocycles. The molecule has 3 aromatic carbocycles. The topological polar surface area (TPSA) is 123 Å². The SMILES string of the molecule is COc1ccc(C(=O)NCc2cccc(C(=O)N(CC(N)=O)c3ccc4c(c3)CNCC4)c2)cc1OC. The lowest BCUT2D eigenvalue weighted by atomic mass is 10.00. The lowest BCUT2D eigenvalue weighted by Crippen LogP contribution is -2.39. The van der Waals surface area contributed by atoms with Crippen molar-refractivity contribution in [3.8, 4) is 11.5 Å². The second-order valence-electron chi connectivity index (χ2n) is 8.69. The van der Waals surface area contributed by atoms with E-state index in [1.165, 1.54) is 24.7 Å². The maximum atomic E-state index is 13.5. The first kappa shape index (κ1) is 25.7. The third-order valence-corrected chi connectivity index (χ3v) is 6.22. The molecule has 0 fully saturated rings. The van der Waals surface area contributed by atoms with Crippen molar-refractivity contribution in [3.63, 3.8) is 0 Å². The number of nitrogens with two attached hydrogens (primary N) is 1. The first-order valence-electron chi connectivity index (χ1n) is 11.9. The van der Waals surface area contributed by atoms with Gasteiger partial charge < -0.3 is 25.8 Å². The van der Waals surface area contributed by atoms with Gasteiger partial charge in [0.2, 0.25) is 5.91 Å². The van der Waals surface area contributed by atoms with Crippen LogP contribution in [-0.2, 0) is 24.3 Å². The largest absolute Gasteiger partial charge is 0.493 e. The summed E-state index contributed by atoms with van der Waals surface area (Å²) in [4.78, 5) is 39.4. The highest BCUT2D eigenvalue weighted by atomic mass is 16.5. The number of rotatable bonds is 9. The zero-order valence-corrected chi connectivity index (χ0v) is 20.9. The van der Waals surface area contributed by atoms with E-state index < -0.39 is 5.91 Å². The summed E-state index contributed by atoms with van der Waals surface area (Å²) in [6.07, 6.45) is 0.913. The van der Waals surface area contributed by atoms with E-state index in [9.17, 15) is 14.4 Å². The van der Waals surface area contributed by atoms with Gasteiger partial charge in [0.25, 0.3) is 11.8 Å². The number of nitrogens with zero attached hydrogens (tertiary/aromatic N) is 1.